The van der Waals surface area contributed by atoms with Gasteiger partial charge in [-0.15, -0.1) is 0 Å². The van der Waals surface area contributed by atoms with Crippen molar-refractivity contribution in [2.24, 2.45) is 11.8 Å². The number of nitrogens with zero attached hydrogens (tertiary/aromatic N) is 2. The van der Waals surface area contributed by atoms with Gasteiger partial charge >= 0.3 is 0 Å². The molecule has 1 aromatic heterocycles. The first-order chi connectivity index (χ1) is 15.0. The fraction of sp³-hybridized carbons (Fsp3) is 0.348. The number of carbonyl (C=O) groups is 2. The lowest BCUT2D eigenvalue weighted by Gasteiger charge is -2.31. The highest BCUT2D eigenvalue weighted by atomic mass is 32.2. The molecule has 1 N–H and O–H groups in total. The van der Waals surface area contributed by atoms with E-state index in [1.807, 2.05) is 18.6 Å². The Kier molecular flexibility index (Phi) is 8.65. The Morgan fingerprint density at radius 1 is 1.12 bits per heavy atom. The topological polar surface area (TPSA) is 96.4 Å². The third-order valence-electron chi connectivity index (χ3n) is 4.55. The predicted molar refractivity (Wildman–Crippen MR) is 122 cm³/mol. The number of carbonyl (C=O) groups excluding carboxylic acids is 2. The lowest BCUT2D eigenvalue weighted by Crippen LogP contribution is -2.48. The molecule has 1 unspecified atom stereocenters. The summed E-state index contributed by atoms with van der Waals surface area (Å²) in [4.78, 5) is 31.6. The Labute approximate surface area is 188 Å². The van der Waals surface area contributed by atoms with Crippen molar-refractivity contribution in [1.82, 2.24) is 9.71 Å². The molecule has 0 aliphatic carbocycles. The van der Waals surface area contributed by atoms with Crippen molar-refractivity contribution in [2.75, 3.05) is 4.90 Å². The summed E-state index contributed by atoms with van der Waals surface area (Å²) in [7, 11) is -4.14. The molecule has 0 fully saturated rings. The van der Waals surface area contributed by atoms with Crippen LogP contribution < -0.4 is 9.62 Å². The molecule has 7 nitrogen and oxygen atoms in total. The summed E-state index contributed by atoms with van der Waals surface area (Å²) in [6.45, 7) is 7.20. The van der Waals surface area contributed by atoms with Gasteiger partial charge in [0.2, 0.25) is 11.8 Å². The molecule has 1 heterocycles. The number of anilines is 1. The molecule has 0 radical (unpaired) electrons. The standard InChI is InChI=1S/C23H28FN3O4S/c1-16(2)14-21(23(29)27(17(3)4)20-9-7-19(24)8-10-20)22(28)26-32(30,31)13-11-18-6-5-12-25-15-18/h5-13,15-17,21H,14H2,1-4H3,(H,26,28). The Bertz CT molecular complexity index is 1050. The molecule has 0 aliphatic heterocycles. The molecule has 2 aromatic rings. The molecule has 32 heavy (non-hydrogen) atoms. The van der Waals surface area contributed by atoms with Crippen molar-refractivity contribution in [1.29, 1.82) is 0 Å². The van der Waals surface area contributed by atoms with E-state index in [1.165, 1.54) is 41.4 Å². The monoisotopic (exact) mass is 461 g/mol. The van der Waals surface area contributed by atoms with E-state index in [-0.39, 0.29) is 18.4 Å². The van der Waals surface area contributed by atoms with Crippen molar-refractivity contribution in [3.05, 3.63) is 65.6 Å². The third kappa shape index (κ3) is 7.26. The maximum atomic E-state index is 13.4. The van der Waals surface area contributed by atoms with Crippen LogP contribution in [0, 0.1) is 17.7 Å². The van der Waals surface area contributed by atoms with Gasteiger partial charge in [-0.05, 0) is 68.2 Å². The van der Waals surface area contributed by atoms with Crippen LogP contribution in [0.2, 0.25) is 0 Å². The fourth-order valence-corrected chi connectivity index (χ4v) is 3.96. The van der Waals surface area contributed by atoms with Gasteiger partial charge in [0.05, 0.1) is 5.41 Å². The summed E-state index contributed by atoms with van der Waals surface area (Å²) in [6.07, 6.45) is 4.48. The van der Waals surface area contributed by atoms with Crippen molar-refractivity contribution in [3.8, 4) is 0 Å². The van der Waals surface area contributed by atoms with Crippen LogP contribution in [-0.4, -0.2) is 31.3 Å². The Balaban J connectivity index is 2.28. The lowest BCUT2D eigenvalue weighted by molar-refractivity contribution is -0.133. The smallest absolute Gasteiger partial charge is 0.257 e. The van der Waals surface area contributed by atoms with Crippen molar-refractivity contribution < 1.29 is 22.4 Å². The summed E-state index contributed by atoms with van der Waals surface area (Å²) in [5.41, 5.74) is 0.967. The van der Waals surface area contributed by atoms with Crippen molar-refractivity contribution in [3.63, 3.8) is 0 Å². The molecule has 1 atom stereocenters. The largest absolute Gasteiger partial charge is 0.309 e. The zero-order chi connectivity index (χ0) is 23.9. The van der Waals surface area contributed by atoms with Gasteiger partial charge in [0.1, 0.15) is 11.7 Å². The van der Waals surface area contributed by atoms with E-state index in [0.29, 0.717) is 11.3 Å². The molecule has 0 bridgehead atoms. The minimum absolute atomic E-state index is 0.0504. The van der Waals surface area contributed by atoms with E-state index in [4.69, 9.17) is 0 Å². The van der Waals surface area contributed by atoms with Crippen LogP contribution in [0.3, 0.4) is 0 Å². The van der Waals surface area contributed by atoms with Gasteiger partial charge in [-0.2, -0.15) is 0 Å². The van der Waals surface area contributed by atoms with Crippen LogP contribution in [-0.2, 0) is 19.6 Å². The van der Waals surface area contributed by atoms with Gasteiger partial charge in [0.15, 0.2) is 0 Å². The maximum absolute atomic E-state index is 13.4. The number of pyridine rings is 1. The highest BCUT2D eigenvalue weighted by molar-refractivity contribution is 7.93. The van der Waals surface area contributed by atoms with Crippen molar-refractivity contribution >= 4 is 33.6 Å². The molecule has 2 rings (SSSR count). The number of rotatable bonds is 9. The van der Waals surface area contributed by atoms with Gasteiger partial charge in [0, 0.05) is 24.1 Å². The molecule has 172 valence electrons. The van der Waals surface area contributed by atoms with Crippen LogP contribution in [0.4, 0.5) is 10.1 Å². The minimum atomic E-state index is -4.14. The number of hydrogen-bond donors (Lipinski definition) is 1. The molecule has 9 heteroatoms. The van der Waals surface area contributed by atoms with E-state index in [2.05, 4.69) is 4.98 Å². The van der Waals surface area contributed by atoms with Crippen LogP contribution >= 0.6 is 0 Å². The first-order valence-electron chi connectivity index (χ1n) is 10.2. The summed E-state index contributed by atoms with van der Waals surface area (Å²) in [6, 6.07) is 8.33. The molecule has 0 saturated heterocycles. The van der Waals surface area contributed by atoms with Crippen LogP contribution in [0.25, 0.3) is 6.08 Å². The van der Waals surface area contributed by atoms with Crippen LogP contribution in [0.1, 0.15) is 39.7 Å². The van der Waals surface area contributed by atoms with E-state index in [0.717, 1.165) is 5.41 Å². The van der Waals surface area contributed by atoms with Gasteiger partial charge in [-0.3, -0.25) is 14.6 Å². The van der Waals surface area contributed by atoms with Crippen molar-refractivity contribution in [2.45, 2.75) is 40.2 Å². The van der Waals surface area contributed by atoms with Gasteiger partial charge in [0.25, 0.3) is 10.0 Å². The van der Waals surface area contributed by atoms with E-state index >= 15 is 0 Å². The summed E-state index contributed by atoms with van der Waals surface area (Å²) >= 11 is 0. The second kappa shape index (κ2) is 11.0. The molecule has 0 spiro atoms. The minimum Gasteiger partial charge on any atom is -0.309 e. The fourth-order valence-electron chi connectivity index (χ4n) is 3.13. The average molecular weight is 462 g/mol. The maximum Gasteiger partial charge on any atom is 0.257 e. The van der Waals surface area contributed by atoms with Gasteiger partial charge in [-0.25, -0.2) is 17.5 Å². The molecular weight excluding hydrogens is 433 g/mol. The molecule has 1 aromatic carbocycles. The van der Waals surface area contributed by atoms with Crippen LogP contribution in [0.15, 0.2) is 54.2 Å². The number of aromatic nitrogens is 1. The number of hydrogen-bond acceptors (Lipinski definition) is 5. The van der Waals surface area contributed by atoms with E-state index in [1.54, 1.807) is 32.2 Å². The lowest BCUT2D eigenvalue weighted by atomic mass is 9.94. The zero-order valence-corrected chi connectivity index (χ0v) is 19.3. The quantitative estimate of drug-likeness (QED) is 0.574. The van der Waals surface area contributed by atoms with Crippen LogP contribution in [0.5, 0.6) is 0 Å². The first-order valence-corrected chi connectivity index (χ1v) is 11.8. The molecule has 0 aliphatic rings. The highest BCUT2D eigenvalue weighted by Crippen LogP contribution is 2.24. The molecule has 2 amide bonds. The zero-order valence-electron chi connectivity index (χ0n) is 18.5. The van der Waals surface area contributed by atoms with Gasteiger partial charge < -0.3 is 4.90 Å². The Morgan fingerprint density at radius 2 is 1.78 bits per heavy atom. The number of halogens is 1. The number of nitrogens with one attached hydrogen (secondary N) is 1. The Morgan fingerprint density at radius 3 is 2.31 bits per heavy atom. The first kappa shape index (κ1) is 25.2. The number of amides is 2. The number of benzene rings is 1. The molecular formula is C23H28FN3O4S. The van der Waals surface area contributed by atoms with Gasteiger partial charge in [-0.1, -0.05) is 19.9 Å². The average Bonchev–Trinajstić information content (AvgIpc) is 2.72. The third-order valence-corrected chi connectivity index (χ3v) is 5.53. The second-order valence-corrected chi connectivity index (χ2v) is 9.63. The predicted octanol–water partition coefficient (Wildman–Crippen LogP) is 3.74. The summed E-state index contributed by atoms with van der Waals surface area (Å²) < 4.78 is 40.2. The second-order valence-electron chi connectivity index (χ2n) is 8.06. The molecule has 0 saturated carbocycles. The Hall–Kier alpha value is -3.07. The summed E-state index contributed by atoms with van der Waals surface area (Å²) in [5, 5.41) is 0.860. The van der Waals surface area contributed by atoms with E-state index < -0.39 is 33.6 Å². The SMILES string of the molecule is CC(C)CC(C(=O)NS(=O)(=O)C=Cc1cccnc1)C(=O)N(c1ccc(F)cc1)C(C)C. The normalized spacial score (nSPS) is 12.8. The summed E-state index contributed by atoms with van der Waals surface area (Å²) in [5.74, 6) is -3.20. The number of sulfonamides is 1. The van der Waals surface area contributed by atoms with E-state index in [9.17, 15) is 22.4 Å². The highest BCUT2D eigenvalue weighted by Gasteiger charge is 2.34.